The summed E-state index contributed by atoms with van der Waals surface area (Å²) in [5.74, 6) is 0.255. The molecule has 1 aromatic rings. The highest BCUT2D eigenvalue weighted by atomic mass is 16.1. The molecule has 1 rings (SSSR count). The molecule has 0 saturated carbocycles. The molecule has 0 radical (unpaired) electrons. The van der Waals surface area contributed by atoms with Crippen LogP contribution in [0.2, 0.25) is 0 Å². The average molecular weight is 183 g/mol. The standard InChI is InChI=1S/C7H13N5O/c1-11(2)7-5(8)3-10-12(7)4-6(9)13/h3H,4,8H2,1-2H3,(H2,9,13). The van der Waals surface area contributed by atoms with Crippen LogP contribution in [0.4, 0.5) is 11.5 Å². The van der Waals surface area contributed by atoms with Crippen molar-refractivity contribution in [2.45, 2.75) is 6.54 Å². The molecule has 0 fully saturated rings. The van der Waals surface area contributed by atoms with E-state index in [1.165, 1.54) is 10.9 Å². The first kappa shape index (κ1) is 9.37. The molecule has 0 bridgehead atoms. The fourth-order valence-electron chi connectivity index (χ4n) is 1.15. The normalized spacial score (nSPS) is 10.0. The quantitative estimate of drug-likeness (QED) is 0.630. The number of aromatic nitrogens is 2. The maximum Gasteiger partial charge on any atom is 0.239 e. The minimum atomic E-state index is -0.439. The Morgan fingerprint density at radius 1 is 1.69 bits per heavy atom. The van der Waals surface area contributed by atoms with Gasteiger partial charge in [-0.15, -0.1) is 0 Å². The van der Waals surface area contributed by atoms with Gasteiger partial charge in [0.25, 0.3) is 0 Å². The van der Waals surface area contributed by atoms with Crippen molar-refractivity contribution in [1.82, 2.24) is 9.78 Å². The lowest BCUT2D eigenvalue weighted by molar-refractivity contribution is -0.118. The van der Waals surface area contributed by atoms with E-state index >= 15 is 0 Å². The van der Waals surface area contributed by atoms with Gasteiger partial charge in [-0.05, 0) is 0 Å². The van der Waals surface area contributed by atoms with Crippen LogP contribution in [0.25, 0.3) is 0 Å². The zero-order valence-electron chi connectivity index (χ0n) is 7.69. The molecule has 4 N–H and O–H groups in total. The summed E-state index contributed by atoms with van der Waals surface area (Å²) in [5.41, 5.74) is 11.2. The summed E-state index contributed by atoms with van der Waals surface area (Å²) in [5, 5.41) is 3.93. The van der Waals surface area contributed by atoms with Crippen molar-refractivity contribution in [1.29, 1.82) is 0 Å². The molecule has 0 aliphatic heterocycles. The Kier molecular flexibility index (Phi) is 2.41. The van der Waals surface area contributed by atoms with Crippen molar-refractivity contribution in [3.05, 3.63) is 6.20 Å². The Morgan fingerprint density at radius 3 is 2.77 bits per heavy atom. The highest BCUT2D eigenvalue weighted by Gasteiger charge is 2.11. The first-order valence-electron chi connectivity index (χ1n) is 3.79. The van der Waals surface area contributed by atoms with Crippen molar-refractivity contribution in [2.75, 3.05) is 24.7 Å². The third-order valence-corrected chi connectivity index (χ3v) is 1.57. The second kappa shape index (κ2) is 3.34. The molecular weight excluding hydrogens is 170 g/mol. The van der Waals surface area contributed by atoms with Gasteiger partial charge in [0, 0.05) is 14.1 Å². The number of nitrogens with zero attached hydrogens (tertiary/aromatic N) is 3. The van der Waals surface area contributed by atoms with E-state index in [4.69, 9.17) is 11.5 Å². The third kappa shape index (κ3) is 1.90. The number of nitrogens with two attached hydrogens (primary N) is 2. The van der Waals surface area contributed by atoms with Gasteiger partial charge in [-0.3, -0.25) is 4.79 Å². The van der Waals surface area contributed by atoms with Gasteiger partial charge >= 0.3 is 0 Å². The fraction of sp³-hybridized carbons (Fsp3) is 0.429. The van der Waals surface area contributed by atoms with Gasteiger partial charge < -0.3 is 16.4 Å². The van der Waals surface area contributed by atoms with E-state index in [0.717, 1.165) is 0 Å². The van der Waals surface area contributed by atoms with E-state index in [2.05, 4.69) is 5.10 Å². The summed E-state index contributed by atoms with van der Waals surface area (Å²) in [6.07, 6.45) is 1.50. The predicted octanol–water partition coefficient (Wildman–Crippen LogP) is -0.983. The minimum absolute atomic E-state index is 0.0463. The molecule has 1 amide bonds. The molecule has 0 saturated heterocycles. The van der Waals surface area contributed by atoms with E-state index in [9.17, 15) is 4.79 Å². The molecule has 0 unspecified atom stereocenters. The van der Waals surface area contributed by atoms with Gasteiger partial charge in [0.15, 0.2) is 0 Å². The lowest BCUT2D eigenvalue weighted by atomic mass is 10.5. The Balaban J connectivity index is 3.00. The first-order chi connectivity index (χ1) is 6.02. The van der Waals surface area contributed by atoms with Crippen LogP contribution in [0.5, 0.6) is 0 Å². The van der Waals surface area contributed by atoms with E-state index in [1.807, 2.05) is 14.1 Å². The Morgan fingerprint density at radius 2 is 2.31 bits per heavy atom. The van der Waals surface area contributed by atoms with Crippen LogP contribution in [0.3, 0.4) is 0 Å². The average Bonchev–Trinajstić information content (AvgIpc) is 2.30. The molecule has 0 aromatic carbocycles. The zero-order valence-corrected chi connectivity index (χ0v) is 7.69. The van der Waals surface area contributed by atoms with Crippen LogP contribution in [-0.4, -0.2) is 29.8 Å². The van der Waals surface area contributed by atoms with Gasteiger partial charge in [-0.2, -0.15) is 5.10 Å². The molecule has 0 spiro atoms. The highest BCUT2D eigenvalue weighted by molar-refractivity contribution is 5.75. The van der Waals surface area contributed by atoms with E-state index in [0.29, 0.717) is 11.5 Å². The smallest absolute Gasteiger partial charge is 0.239 e. The van der Waals surface area contributed by atoms with Crippen molar-refractivity contribution >= 4 is 17.4 Å². The van der Waals surface area contributed by atoms with Crippen molar-refractivity contribution in [2.24, 2.45) is 5.73 Å². The van der Waals surface area contributed by atoms with Gasteiger partial charge in [-0.25, -0.2) is 4.68 Å². The summed E-state index contributed by atoms with van der Waals surface area (Å²) in [7, 11) is 3.65. The SMILES string of the molecule is CN(C)c1c(N)cnn1CC(N)=O. The number of carbonyl (C=O) groups excluding carboxylic acids is 1. The van der Waals surface area contributed by atoms with Gasteiger partial charge in [0.05, 0.1) is 11.9 Å². The monoisotopic (exact) mass is 183 g/mol. The van der Waals surface area contributed by atoms with E-state index in [-0.39, 0.29) is 6.54 Å². The highest BCUT2D eigenvalue weighted by Crippen LogP contribution is 2.19. The zero-order chi connectivity index (χ0) is 10.0. The van der Waals surface area contributed by atoms with Crippen LogP contribution in [0.1, 0.15) is 0 Å². The van der Waals surface area contributed by atoms with Crippen molar-refractivity contribution in [3.63, 3.8) is 0 Å². The van der Waals surface area contributed by atoms with Crippen LogP contribution in [-0.2, 0) is 11.3 Å². The summed E-state index contributed by atoms with van der Waals surface area (Å²) in [4.78, 5) is 12.4. The summed E-state index contributed by atoms with van der Waals surface area (Å²) in [6, 6.07) is 0. The molecule has 0 aliphatic carbocycles. The fourth-order valence-corrected chi connectivity index (χ4v) is 1.15. The predicted molar refractivity (Wildman–Crippen MR) is 50.2 cm³/mol. The third-order valence-electron chi connectivity index (χ3n) is 1.57. The first-order valence-corrected chi connectivity index (χ1v) is 3.79. The Hall–Kier alpha value is -1.72. The van der Waals surface area contributed by atoms with Crippen molar-refractivity contribution in [3.8, 4) is 0 Å². The number of rotatable bonds is 3. The summed E-state index contributed by atoms with van der Waals surface area (Å²) in [6.45, 7) is 0.0463. The van der Waals surface area contributed by atoms with Crippen LogP contribution < -0.4 is 16.4 Å². The Bertz CT molecular complexity index is 317. The van der Waals surface area contributed by atoms with Crippen LogP contribution in [0, 0.1) is 0 Å². The van der Waals surface area contributed by atoms with Crippen molar-refractivity contribution < 1.29 is 4.79 Å². The number of anilines is 2. The number of primary amides is 1. The lowest BCUT2D eigenvalue weighted by Gasteiger charge is -2.14. The molecule has 0 atom stereocenters. The second-order valence-corrected chi connectivity index (χ2v) is 2.94. The second-order valence-electron chi connectivity index (χ2n) is 2.94. The number of hydrogen-bond donors (Lipinski definition) is 2. The van der Waals surface area contributed by atoms with E-state index in [1.54, 1.807) is 4.90 Å². The van der Waals surface area contributed by atoms with Crippen LogP contribution >= 0.6 is 0 Å². The topological polar surface area (TPSA) is 90.2 Å². The number of hydrogen-bond acceptors (Lipinski definition) is 4. The Labute approximate surface area is 76.1 Å². The molecule has 6 nitrogen and oxygen atoms in total. The molecule has 6 heteroatoms. The largest absolute Gasteiger partial charge is 0.394 e. The summed E-state index contributed by atoms with van der Waals surface area (Å²) >= 11 is 0. The van der Waals surface area contributed by atoms with Crippen LogP contribution in [0.15, 0.2) is 6.20 Å². The minimum Gasteiger partial charge on any atom is -0.394 e. The molecular formula is C7H13N5O. The van der Waals surface area contributed by atoms with Gasteiger partial charge in [-0.1, -0.05) is 0 Å². The number of nitrogen functional groups attached to an aromatic ring is 1. The molecule has 1 heterocycles. The number of amides is 1. The molecule has 1 aromatic heterocycles. The molecule has 13 heavy (non-hydrogen) atoms. The molecule has 72 valence electrons. The van der Waals surface area contributed by atoms with Gasteiger partial charge in [0.1, 0.15) is 12.4 Å². The van der Waals surface area contributed by atoms with E-state index < -0.39 is 5.91 Å². The number of carbonyl (C=O) groups is 1. The summed E-state index contributed by atoms with van der Waals surface area (Å²) < 4.78 is 1.47. The van der Waals surface area contributed by atoms with Gasteiger partial charge in [0.2, 0.25) is 5.91 Å². The maximum absolute atomic E-state index is 10.7. The maximum atomic E-state index is 10.7. The molecule has 0 aliphatic rings. The lowest BCUT2D eigenvalue weighted by Crippen LogP contribution is -2.23.